The minimum absolute atomic E-state index is 0.625. The number of imidazole rings is 1. The molecule has 10 aromatic rings. The minimum atomic E-state index is -0.773. The Balaban J connectivity index is 1.13. The highest BCUT2D eigenvalue weighted by molar-refractivity contribution is 5.95. The molecule has 4 heterocycles. The third-order valence-electron chi connectivity index (χ3n) is 13.2. The van der Waals surface area contributed by atoms with Gasteiger partial charge in [0, 0.05) is 28.1 Å². The molecule has 0 N–H and O–H groups in total. The van der Waals surface area contributed by atoms with Crippen molar-refractivity contribution < 1.29 is 4.74 Å². The second-order valence-electron chi connectivity index (χ2n) is 16.3. The number of fused-ring (bicyclic) bond motifs is 12. The van der Waals surface area contributed by atoms with Gasteiger partial charge in [-0.1, -0.05) is 170 Å². The minimum Gasteiger partial charge on any atom is -0.457 e. The summed E-state index contributed by atoms with van der Waals surface area (Å²) < 4.78 is 9.15. The van der Waals surface area contributed by atoms with Crippen LogP contribution in [0.3, 0.4) is 0 Å². The second-order valence-corrected chi connectivity index (χ2v) is 16.3. The molecule has 0 radical (unpaired) electrons. The molecule has 0 unspecified atom stereocenters. The molecule has 3 aliphatic rings. The summed E-state index contributed by atoms with van der Waals surface area (Å²) in [4.78, 5) is 10.4. The predicted molar refractivity (Wildman–Crippen MR) is 249 cm³/mol. The zero-order valence-corrected chi connectivity index (χ0v) is 33.6. The van der Waals surface area contributed by atoms with Gasteiger partial charge in [-0.2, -0.15) is 0 Å². The number of hydrogen-bond acceptors (Lipinski definition) is 4. The Kier molecular flexibility index (Phi) is 7.37. The topological polar surface area (TPSA) is 33.5 Å². The van der Waals surface area contributed by atoms with Crippen LogP contribution < -0.4 is 14.5 Å². The monoisotopic (exact) mass is 794 g/mol. The number of para-hydroxylation sites is 7. The van der Waals surface area contributed by atoms with Gasteiger partial charge in [0.05, 0.1) is 33.5 Å². The molecule has 0 saturated carbocycles. The molecule has 0 atom stereocenters. The molecule has 3 aliphatic heterocycles. The van der Waals surface area contributed by atoms with Crippen LogP contribution in [0.2, 0.25) is 0 Å². The first-order chi connectivity index (χ1) is 30.8. The van der Waals surface area contributed by atoms with Crippen LogP contribution in [0.15, 0.2) is 231 Å². The zero-order valence-electron chi connectivity index (χ0n) is 33.6. The molecule has 1 spiro atoms. The van der Waals surface area contributed by atoms with Gasteiger partial charge in [0.15, 0.2) is 0 Å². The number of rotatable bonds is 4. The zero-order chi connectivity index (χ0) is 40.8. The fraction of sp³-hybridized carbons (Fsp3) is 0.0351. The van der Waals surface area contributed by atoms with Crippen molar-refractivity contribution in [3.8, 4) is 11.5 Å². The summed E-state index contributed by atoms with van der Waals surface area (Å²) in [5, 5.41) is 0. The lowest BCUT2D eigenvalue weighted by molar-refractivity contribution is 0.434. The Morgan fingerprint density at radius 2 is 0.871 bits per heavy atom. The molecule has 1 aromatic heterocycles. The van der Waals surface area contributed by atoms with E-state index in [1.165, 1.54) is 11.1 Å². The first kappa shape index (κ1) is 34.7. The molecule has 9 aromatic carbocycles. The lowest BCUT2D eigenvalue weighted by atomic mass is 9.61. The van der Waals surface area contributed by atoms with Gasteiger partial charge in [-0.3, -0.25) is 9.47 Å². The largest absolute Gasteiger partial charge is 0.457 e. The maximum atomic E-state index is 6.68. The molecule has 292 valence electrons. The van der Waals surface area contributed by atoms with Crippen molar-refractivity contribution in [1.29, 1.82) is 0 Å². The SMILES string of the molecule is c1ccc(N2c3cc(N4c5ccccc5C5(c6ccccc6Oc6ccccc65)c5ccccc54)ccc3C(c3ccccc3)(c3ccccc3)n3c2nc2ccccc23)cc1. The average Bonchev–Trinajstić information content (AvgIpc) is 3.73. The van der Waals surface area contributed by atoms with Gasteiger partial charge in [0.1, 0.15) is 17.0 Å². The highest BCUT2D eigenvalue weighted by Gasteiger charge is 2.52. The molecule has 62 heavy (non-hydrogen) atoms. The van der Waals surface area contributed by atoms with E-state index in [2.05, 4.69) is 245 Å². The van der Waals surface area contributed by atoms with Crippen molar-refractivity contribution in [3.63, 3.8) is 0 Å². The van der Waals surface area contributed by atoms with Crippen LogP contribution in [0.5, 0.6) is 11.5 Å². The lowest BCUT2D eigenvalue weighted by Gasteiger charge is -2.49. The molecule has 13 rings (SSSR count). The number of ether oxygens (including phenoxy) is 1. The van der Waals surface area contributed by atoms with E-state index in [4.69, 9.17) is 9.72 Å². The molecule has 0 aliphatic carbocycles. The van der Waals surface area contributed by atoms with Crippen LogP contribution >= 0.6 is 0 Å². The fourth-order valence-electron chi connectivity index (χ4n) is 10.9. The van der Waals surface area contributed by atoms with Crippen LogP contribution in [0.25, 0.3) is 11.0 Å². The van der Waals surface area contributed by atoms with E-state index in [9.17, 15) is 0 Å². The Labute approximate surface area is 360 Å². The first-order valence-corrected chi connectivity index (χ1v) is 21.2. The van der Waals surface area contributed by atoms with Gasteiger partial charge >= 0.3 is 0 Å². The quantitative estimate of drug-likeness (QED) is 0.178. The van der Waals surface area contributed by atoms with E-state index in [0.29, 0.717) is 0 Å². The summed E-state index contributed by atoms with van der Waals surface area (Å²) in [7, 11) is 0. The Bertz CT molecular complexity index is 3220. The Morgan fingerprint density at radius 3 is 1.48 bits per heavy atom. The van der Waals surface area contributed by atoms with Crippen LogP contribution in [-0.2, 0) is 11.0 Å². The molecule has 5 heteroatoms. The van der Waals surface area contributed by atoms with E-state index in [1.54, 1.807) is 0 Å². The molecular formula is C57H38N4O. The highest BCUT2D eigenvalue weighted by atomic mass is 16.5. The number of nitrogens with zero attached hydrogens (tertiary/aromatic N) is 4. The number of anilines is 6. The van der Waals surface area contributed by atoms with Gasteiger partial charge in [0.25, 0.3) is 0 Å². The van der Waals surface area contributed by atoms with Crippen molar-refractivity contribution in [2.45, 2.75) is 11.0 Å². The summed E-state index contributed by atoms with van der Waals surface area (Å²) in [5.41, 5.74) is 14.1. The number of hydrogen-bond donors (Lipinski definition) is 0. The molecule has 5 nitrogen and oxygen atoms in total. The van der Waals surface area contributed by atoms with E-state index in [-0.39, 0.29) is 0 Å². The second kappa shape index (κ2) is 13.2. The van der Waals surface area contributed by atoms with E-state index in [1.807, 2.05) is 0 Å². The first-order valence-electron chi connectivity index (χ1n) is 21.2. The molecule has 0 amide bonds. The average molecular weight is 795 g/mol. The normalized spacial score (nSPS) is 14.8. The van der Waals surface area contributed by atoms with Gasteiger partial charge in [-0.15, -0.1) is 0 Å². The van der Waals surface area contributed by atoms with E-state index < -0.39 is 11.0 Å². The van der Waals surface area contributed by atoms with Crippen LogP contribution in [0.4, 0.5) is 34.4 Å². The fourth-order valence-corrected chi connectivity index (χ4v) is 10.9. The summed E-state index contributed by atoms with van der Waals surface area (Å²) in [6, 6.07) is 83.1. The van der Waals surface area contributed by atoms with Gasteiger partial charge in [0.2, 0.25) is 5.95 Å². The van der Waals surface area contributed by atoms with E-state index in [0.717, 1.165) is 84.7 Å². The maximum absolute atomic E-state index is 6.68. The van der Waals surface area contributed by atoms with Crippen molar-refractivity contribution in [2.24, 2.45) is 0 Å². The van der Waals surface area contributed by atoms with Crippen LogP contribution in [0.1, 0.15) is 38.9 Å². The Morgan fingerprint density at radius 1 is 0.371 bits per heavy atom. The van der Waals surface area contributed by atoms with Crippen molar-refractivity contribution in [3.05, 3.63) is 269 Å². The smallest absolute Gasteiger partial charge is 0.217 e. The van der Waals surface area contributed by atoms with Gasteiger partial charge in [-0.25, -0.2) is 4.98 Å². The standard InChI is InChI=1S/C57H38N4O/c1-4-20-39(21-5-1)57(40-22-6-2-7-23-40)45-37-36-42(38-52(45)60(41-24-8-3-9-25-41)55-58-48-30-14-17-33-51(48)61(55)57)59-49-31-15-10-26-43(49)56(44-27-11-16-32-50(44)59)46-28-12-18-34-53(46)62-54-35-19-13-29-47(54)56/h1-38H. The Hall–Kier alpha value is -8.15. The van der Waals surface area contributed by atoms with Crippen molar-refractivity contribution in [2.75, 3.05) is 9.80 Å². The van der Waals surface area contributed by atoms with Gasteiger partial charge in [-0.05, 0) is 82.9 Å². The third-order valence-corrected chi connectivity index (χ3v) is 13.2. The lowest BCUT2D eigenvalue weighted by Crippen LogP contribution is -2.43. The highest BCUT2D eigenvalue weighted by Crippen LogP contribution is 2.63. The number of benzene rings is 9. The van der Waals surface area contributed by atoms with Crippen LogP contribution in [0, 0.1) is 0 Å². The predicted octanol–water partition coefficient (Wildman–Crippen LogP) is 13.9. The van der Waals surface area contributed by atoms with Crippen LogP contribution in [-0.4, -0.2) is 9.55 Å². The van der Waals surface area contributed by atoms with Crippen molar-refractivity contribution in [1.82, 2.24) is 9.55 Å². The molecular weight excluding hydrogens is 757 g/mol. The van der Waals surface area contributed by atoms with Crippen molar-refractivity contribution >= 4 is 45.4 Å². The number of aromatic nitrogens is 2. The molecule has 0 bridgehead atoms. The van der Waals surface area contributed by atoms with Gasteiger partial charge < -0.3 is 9.64 Å². The third kappa shape index (κ3) is 4.54. The maximum Gasteiger partial charge on any atom is 0.217 e. The van der Waals surface area contributed by atoms with E-state index >= 15 is 0 Å². The molecule has 0 fully saturated rings. The summed E-state index contributed by atoms with van der Waals surface area (Å²) >= 11 is 0. The summed E-state index contributed by atoms with van der Waals surface area (Å²) in [5.74, 6) is 2.60. The molecule has 0 saturated heterocycles. The summed E-state index contributed by atoms with van der Waals surface area (Å²) in [6.45, 7) is 0. The summed E-state index contributed by atoms with van der Waals surface area (Å²) in [6.07, 6.45) is 0.